The number of nitrogens with zero attached hydrogens (tertiary/aromatic N) is 1. The molecular weight excluding hydrogens is 198 g/mol. The van der Waals surface area contributed by atoms with Crippen LogP contribution in [0.5, 0.6) is 0 Å². The second-order valence-electron chi connectivity index (χ2n) is 3.56. The van der Waals surface area contributed by atoms with E-state index in [1.165, 1.54) is 0 Å². The minimum Gasteiger partial charge on any atom is -0.394 e. The minimum absolute atomic E-state index is 0.0449. The summed E-state index contributed by atoms with van der Waals surface area (Å²) in [6.07, 6.45) is 1.68. The lowest BCUT2D eigenvalue weighted by atomic mass is 9.95. The first-order valence-electron chi connectivity index (χ1n) is 4.82. The molecule has 0 atom stereocenters. The van der Waals surface area contributed by atoms with E-state index in [2.05, 4.69) is 5.16 Å². The summed E-state index contributed by atoms with van der Waals surface area (Å²) in [6, 6.07) is 0. The highest BCUT2D eigenvalue weighted by atomic mass is 16.5. The molecule has 0 radical (unpaired) electrons. The summed E-state index contributed by atoms with van der Waals surface area (Å²) in [5, 5.41) is 3.80. The molecule has 1 aromatic heterocycles. The molecule has 6 nitrogen and oxygen atoms in total. The zero-order valence-electron chi connectivity index (χ0n) is 8.23. The van der Waals surface area contributed by atoms with Gasteiger partial charge in [-0.25, -0.2) is 0 Å². The van der Waals surface area contributed by atoms with Gasteiger partial charge < -0.3 is 20.7 Å². The summed E-state index contributed by atoms with van der Waals surface area (Å²) in [5.74, 6) is -0.523. The van der Waals surface area contributed by atoms with Crippen LogP contribution in [0.1, 0.15) is 35.0 Å². The molecule has 1 fully saturated rings. The SMILES string of the molecule is NC(=O)c1onc(C2CCOCC2)c1N. The summed E-state index contributed by atoms with van der Waals surface area (Å²) in [7, 11) is 0. The summed E-state index contributed by atoms with van der Waals surface area (Å²) in [6.45, 7) is 1.37. The predicted molar refractivity (Wildman–Crippen MR) is 52.2 cm³/mol. The Morgan fingerprint density at radius 2 is 2.07 bits per heavy atom. The summed E-state index contributed by atoms with van der Waals surface area (Å²) in [4.78, 5) is 10.9. The summed E-state index contributed by atoms with van der Waals surface area (Å²) in [5.41, 5.74) is 11.7. The molecule has 0 spiro atoms. The Balaban J connectivity index is 2.24. The van der Waals surface area contributed by atoms with E-state index in [0.717, 1.165) is 12.8 Å². The van der Waals surface area contributed by atoms with Crippen molar-refractivity contribution < 1.29 is 14.1 Å². The van der Waals surface area contributed by atoms with Crippen molar-refractivity contribution in [3.8, 4) is 0 Å². The first-order valence-corrected chi connectivity index (χ1v) is 4.82. The maximum absolute atomic E-state index is 10.9. The van der Waals surface area contributed by atoms with Crippen LogP contribution in [0.4, 0.5) is 5.69 Å². The molecule has 4 N–H and O–H groups in total. The van der Waals surface area contributed by atoms with Crippen LogP contribution in [0.3, 0.4) is 0 Å². The van der Waals surface area contributed by atoms with Gasteiger partial charge in [0, 0.05) is 19.1 Å². The van der Waals surface area contributed by atoms with Gasteiger partial charge in [-0.2, -0.15) is 0 Å². The lowest BCUT2D eigenvalue weighted by Gasteiger charge is -2.19. The van der Waals surface area contributed by atoms with E-state index in [0.29, 0.717) is 18.9 Å². The van der Waals surface area contributed by atoms with E-state index >= 15 is 0 Å². The molecular formula is C9H13N3O3. The number of amides is 1. The van der Waals surface area contributed by atoms with Crippen LogP contribution in [0.2, 0.25) is 0 Å². The average Bonchev–Trinajstić information content (AvgIpc) is 2.61. The number of aromatic nitrogens is 1. The number of carbonyl (C=O) groups is 1. The van der Waals surface area contributed by atoms with Crippen LogP contribution in [0.15, 0.2) is 4.52 Å². The first kappa shape index (κ1) is 9.97. The number of primary amides is 1. The number of rotatable bonds is 2. The Bertz CT molecular complexity index is 369. The minimum atomic E-state index is -0.682. The molecule has 1 saturated heterocycles. The Morgan fingerprint density at radius 1 is 1.40 bits per heavy atom. The highest BCUT2D eigenvalue weighted by Crippen LogP contribution is 2.31. The van der Waals surface area contributed by atoms with Crippen LogP contribution in [0, 0.1) is 0 Å². The molecule has 1 aliphatic heterocycles. The Morgan fingerprint density at radius 3 is 2.60 bits per heavy atom. The Labute approximate surface area is 86.5 Å². The number of hydrogen-bond acceptors (Lipinski definition) is 5. The number of anilines is 1. The van der Waals surface area contributed by atoms with E-state index in [1.807, 2.05) is 0 Å². The molecule has 0 aliphatic carbocycles. The number of ether oxygens (including phenoxy) is 1. The van der Waals surface area contributed by atoms with Gasteiger partial charge in [-0.15, -0.1) is 0 Å². The van der Waals surface area contributed by atoms with Crippen molar-refractivity contribution >= 4 is 11.6 Å². The third kappa shape index (κ3) is 1.80. The maximum atomic E-state index is 10.9. The highest BCUT2D eigenvalue weighted by Gasteiger charge is 2.25. The van der Waals surface area contributed by atoms with Gasteiger partial charge >= 0.3 is 0 Å². The largest absolute Gasteiger partial charge is 0.394 e. The molecule has 1 aromatic rings. The van der Waals surface area contributed by atoms with Crippen LogP contribution >= 0.6 is 0 Å². The van der Waals surface area contributed by atoms with Gasteiger partial charge in [-0.3, -0.25) is 4.79 Å². The van der Waals surface area contributed by atoms with Crippen molar-refractivity contribution in [1.29, 1.82) is 0 Å². The van der Waals surface area contributed by atoms with Crippen molar-refractivity contribution in [2.24, 2.45) is 5.73 Å². The van der Waals surface area contributed by atoms with Crippen molar-refractivity contribution in [2.45, 2.75) is 18.8 Å². The lowest BCUT2D eigenvalue weighted by molar-refractivity contribution is 0.0837. The van der Waals surface area contributed by atoms with Gasteiger partial charge in [0.15, 0.2) is 0 Å². The first-order chi connectivity index (χ1) is 7.20. The van der Waals surface area contributed by atoms with E-state index in [4.69, 9.17) is 20.7 Å². The van der Waals surface area contributed by atoms with Crippen LogP contribution in [-0.4, -0.2) is 24.3 Å². The zero-order valence-corrected chi connectivity index (χ0v) is 8.23. The monoisotopic (exact) mass is 211 g/mol. The molecule has 1 aliphatic rings. The van der Waals surface area contributed by atoms with Gasteiger partial charge in [0.25, 0.3) is 5.91 Å². The lowest BCUT2D eigenvalue weighted by Crippen LogP contribution is -2.16. The second-order valence-corrected chi connectivity index (χ2v) is 3.56. The molecule has 1 amide bonds. The van der Waals surface area contributed by atoms with Gasteiger partial charge in [-0.1, -0.05) is 5.16 Å². The number of nitrogen functional groups attached to an aromatic ring is 1. The van der Waals surface area contributed by atoms with E-state index in [9.17, 15) is 4.79 Å². The van der Waals surface area contributed by atoms with Crippen molar-refractivity contribution in [3.05, 3.63) is 11.5 Å². The quantitative estimate of drug-likeness (QED) is 0.729. The molecule has 15 heavy (non-hydrogen) atoms. The Hall–Kier alpha value is -1.56. The van der Waals surface area contributed by atoms with Crippen LogP contribution in [-0.2, 0) is 4.74 Å². The zero-order chi connectivity index (χ0) is 10.8. The van der Waals surface area contributed by atoms with Gasteiger partial charge in [0.1, 0.15) is 11.4 Å². The summed E-state index contributed by atoms with van der Waals surface area (Å²) >= 11 is 0. The van der Waals surface area contributed by atoms with E-state index < -0.39 is 5.91 Å². The average molecular weight is 211 g/mol. The van der Waals surface area contributed by atoms with E-state index in [1.54, 1.807) is 0 Å². The fourth-order valence-electron chi connectivity index (χ4n) is 1.75. The fourth-order valence-corrected chi connectivity index (χ4v) is 1.75. The van der Waals surface area contributed by atoms with E-state index in [-0.39, 0.29) is 17.4 Å². The Kier molecular flexibility index (Phi) is 2.59. The van der Waals surface area contributed by atoms with Crippen LogP contribution < -0.4 is 11.5 Å². The third-order valence-electron chi connectivity index (χ3n) is 2.59. The van der Waals surface area contributed by atoms with Gasteiger partial charge in [0.2, 0.25) is 5.76 Å². The molecule has 6 heteroatoms. The fraction of sp³-hybridized carbons (Fsp3) is 0.556. The maximum Gasteiger partial charge on any atom is 0.289 e. The number of carbonyl (C=O) groups excluding carboxylic acids is 1. The van der Waals surface area contributed by atoms with Gasteiger partial charge in [0.05, 0.1) is 0 Å². The second kappa shape index (κ2) is 3.90. The molecule has 0 aromatic carbocycles. The number of nitrogens with two attached hydrogens (primary N) is 2. The molecule has 0 bridgehead atoms. The molecule has 0 saturated carbocycles. The number of hydrogen-bond donors (Lipinski definition) is 2. The molecule has 0 unspecified atom stereocenters. The molecule has 2 heterocycles. The molecule has 2 rings (SSSR count). The van der Waals surface area contributed by atoms with Crippen LogP contribution in [0.25, 0.3) is 0 Å². The summed E-state index contributed by atoms with van der Waals surface area (Å²) < 4.78 is 10.0. The van der Waals surface area contributed by atoms with Crippen molar-refractivity contribution in [3.63, 3.8) is 0 Å². The van der Waals surface area contributed by atoms with Crippen molar-refractivity contribution in [1.82, 2.24) is 5.16 Å². The normalized spacial score (nSPS) is 17.9. The smallest absolute Gasteiger partial charge is 0.289 e. The standard InChI is InChI=1S/C9H13N3O3/c10-6-7(5-1-3-14-4-2-5)12-15-8(6)9(11)13/h5H,1-4,10H2,(H2,11,13). The van der Waals surface area contributed by atoms with Crippen molar-refractivity contribution in [2.75, 3.05) is 18.9 Å². The van der Waals surface area contributed by atoms with Gasteiger partial charge in [-0.05, 0) is 12.8 Å². The predicted octanol–water partition coefficient (Wildman–Crippen LogP) is 0.250. The molecule has 82 valence electrons. The topological polar surface area (TPSA) is 104 Å². The highest BCUT2D eigenvalue weighted by molar-refractivity contribution is 5.95. The third-order valence-corrected chi connectivity index (χ3v) is 2.59.